The first kappa shape index (κ1) is 15.3. The topological polar surface area (TPSA) is 89.8 Å². The SMILES string of the molecule is O=S(=O)(NCc1cn(-c2ccncc2)nn1)c1ccc(Br)s1. The van der Waals surface area contributed by atoms with Crippen molar-refractivity contribution in [2.24, 2.45) is 0 Å². The Kier molecular flexibility index (Phi) is 4.34. The standard InChI is InChI=1S/C12H10BrN5O2S2/c13-11-1-2-12(21-11)22(19,20)15-7-9-8-18(17-16-9)10-3-5-14-6-4-10/h1-6,8,15H,7H2. The Labute approximate surface area is 139 Å². The van der Waals surface area contributed by atoms with Crippen LogP contribution in [0.15, 0.2) is 50.9 Å². The van der Waals surface area contributed by atoms with Crippen molar-refractivity contribution in [3.63, 3.8) is 0 Å². The third-order valence-electron chi connectivity index (χ3n) is 2.72. The first-order chi connectivity index (χ1) is 10.5. The van der Waals surface area contributed by atoms with Crippen LogP contribution in [0.2, 0.25) is 0 Å². The highest BCUT2D eigenvalue weighted by molar-refractivity contribution is 9.11. The summed E-state index contributed by atoms with van der Waals surface area (Å²) in [6.45, 7) is 0.0724. The monoisotopic (exact) mass is 399 g/mol. The molecule has 0 atom stereocenters. The molecule has 0 saturated heterocycles. The summed E-state index contributed by atoms with van der Waals surface area (Å²) in [5.74, 6) is 0. The average molecular weight is 400 g/mol. The summed E-state index contributed by atoms with van der Waals surface area (Å²) in [5.41, 5.74) is 1.33. The highest BCUT2D eigenvalue weighted by Crippen LogP contribution is 2.25. The maximum atomic E-state index is 12.1. The first-order valence-electron chi connectivity index (χ1n) is 6.11. The van der Waals surface area contributed by atoms with Gasteiger partial charge in [0.1, 0.15) is 4.21 Å². The second-order valence-corrected chi connectivity index (χ2v) is 8.70. The lowest BCUT2D eigenvalue weighted by atomic mass is 10.4. The zero-order valence-corrected chi connectivity index (χ0v) is 14.3. The third kappa shape index (κ3) is 3.40. The van der Waals surface area contributed by atoms with Crippen LogP contribution in [0.5, 0.6) is 0 Å². The van der Waals surface area contributed by atoms with Gasteiger partial charge in [0.2, 0.25) is 10.0 Å². The summed E-state index contributed by atoms with van der Waals surface area (Å²) in [7, 11) is -3.54. The number of nitrogens with one attached hydrogen (secondary N) is 1. The van der Waals surface area contributed by atoms with E-state index in [0.717, 1.165) is 20.8 Å². The maximum absolute atomic E-state index is 12.1. The summed E-state index contributed by atoms with van der Waals surface area (Å²) in [6.07, 6.45) is 4.96. The van der Waals surface area contributed by atoms with Gasteiger partial charge < -0.3 is 0 Å². The van der Waals surface area contributed by atoms with Crippen molar-refractivity contribution >= 4 is 37.3 Å². The van der Waals surface area contributed by atoms with E-state index in [0.29, 0.717) is 5.69 Å². The van der Waals surface area contributed by atoms with Crippen LogP contribution in [-0.4, -0.2) is 28.4 Å². The fourth-order valence-corrected chi connectivity index (χ4v) is 4.74. The van der Waals surface area contributed by atoms with Crippen LogP contribution in [0.25, 0.3) is 5.69 Å². The molecule has 3 aromatic rings. The van der Waals surface area contributed by atoms with E-state index in [9.17, 15) is 8.42 Å². The van der Waals surface area contributed by atoms with Crippen molar-refractivity contribution in [2.45, 2.75) is 10.8 Å². The molecule has 1 N–H and O–H groups in total. The lowest BCUT2D eigenvalue weighted by Crippen LogP contribution is -2.22. The minimum absolute atomic E-state index is 0.0724. The molecule has 0 aliphatic rings. The normalized spacial score (nSPS) is 11.7. The van der Waals surface area contributed by atoms with E-state index in [1.54, 1.807) is 47.5 Å². The minimum atomic E-state index is -3.54. The van der Waals surface area contributed by atoms with Crippen molar-refractivity contribution in [1.82, 2.24) is 24.7 Å². The zero-order valence-electron chi connectivity index (χ0n) is 11.0. The predicted molar refractivity (Wildman–Crippen MR) is 85.2 cm³/mol. The van der Waals surface area contributed by atoms with E-state index in [1.807, 2.05) is 0 Å². The third-order valence-corrected chi connectivity index (χ3v) is 6.24. The van der Waals surface area contributed by atoms with Crippen molar-refractivity contribution in [3.05, 3.63) is 52.3 Å². The van der Waals surface area contributed by atoms with Gasteiger partial charge in [0.05, 0.1) is 27.9 Å². The highest BCUT2D eigenvalue weighted by atomic mass is 79.9. The molecule has 0 aliphatic heterocycles. The molecular weight excluding hydrogens is 390 g/mol. The average Bonchev–Trinajstić information content (AvgIpc) is 3.15. The van der Waals surface area contributed by atoms with Gasteiger partial charge in [-0.15, -0.1) is 16.4 Å². The second kappa shape index (κ2) is 6.24. The van der Waals surface area contributed by atoms with Crippen LogP contribution < -0.4 is 4.72 Å². The lowest BCUT2D eigenvalue weighted by Gasteiger charge is -2.01. The van der Waals surface area contributed by atoms with Gasteiger partial charge in [-0.3, -0.25) is 4.98 Å². The molecule has 0 spiro atoms. The van der Waals surface area contributed by atoms with E-state index in [4.69, 9.17) is 0 Å². The van der Waals surface area contributed by atoms with Crippen molar-refractivity contribution in [2.75, 3.05) is 0 Å². The molecule has 0 fully saturated rings. The summed E-state index contributed by atoms with van der Waals surface area (Å²) in [5, 5.41) is 7.92. The summed E-state index contributed by atoms with van der Waals surface area (Å²) in [4.78, 5) is 3.93. The summed E-state index contributed by atoms with van der Waals surface area (Å²) >= 11 is 4.40. The molecule has 3 aromatic heterocycles. The molecule has 0 aliphatic carbocycles. The van der Waals surface area contributed by atoms with Crippen LogP contribution in [0.4, 0.5) is 0 Å². The first-order valence-corrected chi connectivity index (χ1v) is 9.20. The molecule has 114 valence electrons. The van der Waals surface area contributed by atoms with Gasteiger partial charge in [0.15, 0.2) is 0 Å². The van der Waals surface area contributed by atoms with Gasteiger partial charge in [0.25, 0.3) is 0 Å². The number of hydrogen-bond donors (Lipinski definition) is 1. The van der Waals surface area contributed by atoms with Gasteiger partial charge in [-0.1, -0.05) is 5.21 Å². The molecule has 3 heterocycles. The largest absolute Gasteiger partial charge is 0.265 e. The molecule has 0 amide bonds. The van der Waals surface area contributed by atoms with Crippen LogP contribution in [0, 0.1) is 0 Å². The second-order valence-electron chi connectivity index (χ2n) is 4.24. The van der Waals surface area contributed by atoms with E-state index in [-0.39, 0.29) is 10.8 Å². The molecular formula is C12H10BrN5O2S2. The Hall–Kier alpha value is -1.62. The van der Waals surface area contributed by atoms with Crippen LogP contribution in [-0.2, 0) is 16.6 Å². The van der Waals surface area contributed by atoms with Gasteiger partial charge in [0, 0.05) is 12.4 Å². The molecule has 0 aromatic carbocycles. The molecule has 7 nitrogen and oxygen atoms in total. The Bertz CT molecular complexity index is 876. The number of halogens is 1. The minimum Gasteiger partial charge on any atom is -0.265 e. The molecule has 3 rings (SSSR count). The number of aromatic nitrogens is 4. The smallest absolute Gasteiger partial charge is 0.250 e. The van der Waals surface area contributed by atoms with Crippen molar-refractivity contribution < 1.29 is 8.42 Å². The van der Waals surface area contributed by atoms with Gasteiger partial charge >= 0.3 is 0 Å². The number of thiophene rings is 1. The van der Waals surface area contributed by atoms with Crippen molar-refractivity contribution in [1.29, 1.82) is 0 Å². The van der Waals surface area contributed by atoms with Gasteiger partial charge in [-0.2, -0.15) is 0 Å². The molecule has 0 bridgehead atoms. The van der Waals surface area contributed by atoms with Gasteiger partial charge in [-0.25, -0.2) is 17.8 Å². The number of sulfonamides is 1. The van der Waals surface area contributed by atoms with E-state index in [1.165, 1.54) is 0 Å². The Morgan fingerprint density at radius 1 is 1.23 bits per heavy atom. The van der Waals surface area contributed by atoms with Crippen LogP contribution in [0.1, 0.15) is 5.69 Å². The van der Waals surface area contributed by atoms with Crippen LogP contribution >= 0.6 is 27.3 Å². The molecule has 0 unspecified atom stereocenters. The Morgan fingerprint density at radius 2 is 2.00 bits per heavy atom. The fraction of sp³-hybridized carbons (Fsp3) is 0.0833. The number of nitrogens with zero attached hydrogens (tertiary/aromatic N) is 4. The highest BCUT2D eigenvalue weighted by Gasteiger charge is 2.16. The number of pyridine rings is 1. The Balaban J connectivity index is 1.71. The van der Waals surface area contributed by atoms with E-state index in [2.05, 4.69) is 35.9 Å². The summed E-state index contributed by atoms with van der Waals surface area (Å²) in [6, 6.07) is 6.81. The molecule has 10 heteroatoms. The van der Waals surface area contributed by atoms with E-state index < -0.39 is 10.0 Å². The zero-order chi connectivity index (χ0) is 15.6. The molecule has 22 heavy (non-hydrogen) atoms. The predicted octanol–water partition coefficient (Wildman–Crippen LogP) is 1.96. The quantitative estimate of drug-likeness (QED) is 0.707. The maximum Gasteiger partial charge on any atom is 0.250 e. The van der Waals surface area contributed by atoms with Crippen molar-refractivity contribution in [3.8, 4) is 5.69 Å². The fourth-order valence-electron chi connectivity index (χ4n) is 1.68. The number of hydrogen-bond acceptors (Lipinski definition) is 6. The Morgan fingerprint density at radius 3 is 2.68 bits per heavy atom. The lowest BCUT2D eigenvalue weighted by molar-refractivity contribution is 0.582. The number of rotatable bonds is 5. The summed E-state index contributed by atoms with van der Waals surface area (Å²) < 4.78 is 29.3. The van der Waals surface area contributed by atoms with Gasteiger partial charge in [-0.05, 0) is 40.2 Å². The van der Waals surface area contributed by atoms with E-state index >= 15 is 0 Å². The van der Waals surface area contributed by atoms with Crippen LogP contribution in [0.3, 0.4) is 0 Å². The molecule has 0 saturated carbocycles. The molecule has 0 radical (unpaired) electrons.